The number of methoxy groups -OCH3 is 2. The molecule has 0 heterocycles. The van der Waals surface area contributed by atoms with Crippen molar-refractivity contribution in [2.45, 2.75) is 0 Å². The van der Waals surface area contributed by atoms with E-state index in [1.54, 1.807) is 14.2 Å². The number of allylic oxidation sites excluding steroid dienone is 2. The molecule has 1 aliphatic rings. The van der Waals surface area contributed by atoms with Crippen LogP contribution in [0.5, 0.6) is 11.5 Å². The highest BCUT2D eigenvalue weighted by atomic mass is 16.5. The van der Waals surface area contributed by atoms with Gasteiger partial charge in [-0.15, -0.1) is 0 Å². The molecule has 1 amide bonds. The lowest BCUT2D eigenvalue weighted by molar-refractivity contribution is -0.111. The van der Waals surface area contributed by atoms with Crippen molar-refractivity contribution in [3.8, 4) is 11.5 Å². The second-order valence-corrected chi connectivity index (χ2v) is 6.66. The zero-order valence-corrected chi connectivity index (χ0v) is 16.3. The standard InChI is InChI=1S/C25H21NO3/c1-28-20-11-7-17(8-12-20)15-18-16-24(23-6-4-3-5-22(18)23)25(27)26-19-9-13-21(29-2)14-10-19/h3-16H,1-2H3,(H,26,27)/b18-15+. The molecule has 0 aliphatic heterocycles. The fourth-order valence-electron chi connectivity index (χ4n) is 3.34. The average Bonchev–Trinajstić information content (AvgIpc) is 3.13. The van der Waals surface area contributed by atoms with Gasteiger partial charge in [-0.2, -0.15) is 0 Å². The number of hydrogen-bond acceptors (Lipinski definition) is 3. The summed E-state index contributed by atoms with van der Waals surface area (Å²) in [5.41, 5.74) is 5.40. The smallest absolute Gasteiger partial charge is 0.256 e. The Bertz CT molecular complexity index is 1090. The molecule has 4 nitrogen and oxygen atoms in total. The number of amides is 1. The van der Waals surface area contributed by atoms with Gasteiger partial charge < -0.3 is 14.8 Å². The third kappa shape index (κ3) is 3.92. The Morgan fingerprint density at radius 3 is 2.00 bits per heavy atom. The van der Waals surface area contributed by atoms with Gasteiger partial charge in [0.15, 0.2) is 0 Å². The van der Waals surface area contributed by atoms with Gasteiger partial charge in [-0.05, 0) is 70.8 Å². The molecule has 4 rings (SSSR count). The maximum absolute atomic E-state index is 13.0. The Labute approximate surface area is 170 Å². The highest BCUT2D eigenvalue weighted by Gasteiger charge is 2.23. The molecule has 0 spiro atoms. The van der Waals surface area contributed by atoms with Crippen molar-refractivity contribution in [3.05, 3.63) is 95.6 Å². The molecule has 3 aromatic rings. The lowest BCUT2D eigenvalue weighted by atomic mass is 10.0. The molecule has 0 radical (unpaired) electrons. The molecule has 0 unspecified atom stereocenters. The van der Waals surface area contributed by atoms with Gasteiger partial charge >= 0.3 is 0 Å². The van der Waals surface area contributed by atoms with Crippen LogP contribution < -0.4 is 14.8 Å². The highest BCUT2D eigenvalue weighted by molar-refractivity contribution is 6.30. The van der Waals surface area contributed by atoms with Gasteiger partial charge in [-0.1, -0.05) is 36.4 Å². The van der Waals surface area contributed by atoms with Gasteiger partial charge in [0.05, 0.1) is 14.2 Å². The number of rotatable bonds is 5. The number of nitrogens with one attached hydrogen (secondary N) is 1. The Hall–Kier alpha value is -3.79. The largest absolute Gasteiger partial charge is 0.497 e. The van der Waals surface area contributed by atoms with Crippen LogP contribution in [-0.4, -0.2) is 20.1 Å². The van der Waals surface area contributed by atoms with Crippen LogP contribution in [0.3, 0.4) is 0 Å². The summed E-state index contributed by atoms with van der Waals surface area (Å²) in [5.74, 6) is 1.42. The zero-order valence-electron chi connectivity index (χ0n) is 16.3. The quantitative estimate of drug-likeness (QED) is 0.652. The normalized spacial score (nSPS) is 13.6. The number of carbonyl (C=O) groups is 1. The van der Waals surface area contributed by atoms with E-state index in [1.165, 1.54) is 0 Å². The first-order valence-corrected chi connectivity index (χ1v) is 9.30. The van der Waals surface area contributed by atoms with Crippen LogP contribution >= 0.6 is 0 Å². The molecule has 0 fully saturated rings. The van der Waals surface area contributed by atoms with Crippen molar-refractivity contribution < 1.29 is 14.3 Å². The van der Waals surface area contributed by atoms with Crippen molar-refractivity contribution in [1.29, 1.82) is 0 Å². The summed E-state index contributed by atoms with van der Waals surface area (Å²) in [6, 6.07) is 23.1. The predicted molar refractivity (Wildman–Crippen MR) is 117 cm³/mol. The summed E-state index contributed by atoms with van der Waals surface area (Å²) < 4.78 is 10.4. The van der Waals surface area contributed by atoms with E-state index < -0.39 is 0 Å². The number of anilines is 1. The first kappa shape index (κ1) is 18.6. The van der Waals surface area contributed by atoms with Crippen LogP contribution in [0, 0.1) is 0 Å². The van der Waals surface area contributed by atoms with E-state index in [9.17, 15) is 4.79 Å². The molecular formula is C25H21NO3. The number of hydrogen-bond donors (Lipinski definition) is 1. The lowest BCUT2D eigenvalue weighted by Gasteiger charge is -2.08. The summed E-state index contributed by atoms with van der Waals surface area (Å²) >= 11 is 0. The summed E-state index contributed by atoms with van der Waals surface area (Å²) in [7, 11) is 3.27. The third-order valence-electron chi connectivity index (χ3n) is 4.86. The molecule has 29 heavy (non-hydrogen) atoms. The predicted octanol–water partition coefficient (Wildman–Crippen LogP) is 5.28. The molecule has 0 aromatic heterocycles. The number of carbonyl (C=O) groups excluding carboxylic acids is 1. The minimum atomic E-state index is -0.138. The molecule has 0 saturated carbocycles. The first-order valence-electron chi connectivity index (χ1n) is 9.30. The van der Waals surface area contributed by atoms with E-state index in [1.807, 2.05) is 78.9 Å². The maximum atomic E-state index is 13.0. The second-order valence-electron chi connectivity index (χ2n) is 6.66. The highest BCUT2D eigenvalue weighted by Crippen LogP contribution is 2.37. The lowest BCUT2D eigenvalue weighted by Crippen LogP contribution is -2.12. The summed E-state index contributed by atoms with van der Waals surface area (Å²) in [5, 5.41) is 2.97. The summed E-state index contributed by atoms with van der Waals surface area (Å²) in [6.45, 7) is 0. The van der Waals surface area contributed by atoms with E-state index in [0.29, 0.717) is 5.57 Å². The molecule has 3 aromatic carbocycles. The summed E-state index contributed by atoms with van der Waals surface area (Å²) in [4.78, 5) is 13.0. The Morgan fingerprint density at radius 1 is 0.793 bits per heavy atom. The van der Waals surface area contributed by atoms with Gasteiger partial charge in [0.1, 0.15) is 11.5 Å². The van der Waals surface area contributed by atoms with E-state index in [-0.39, 0.29) is 5.91 Å². The van der Waals surface area contributed by atoms with Crippen LogP contribution in [-0.2, 0) is 4.79 Å². The number of benzene rings is 3. The minimum absolute atomic E-state index is 0.138. The summed E-state index contributed by atoms with van der Waals surface area (Å²) in [6.07, 6.45) is 4.01. The van der Waals surface area contributed by atoms with E-state index in [2.05, 4.69) is 11.4 Å². The van der Waals surface area contributed by atoms with Crippen molar-refractivity contribution in [3.63, 3.8) is 0 Å². The van der Waals surface area contributed by atoms with Gasteiger partial charge in [0.2, 0.25) is 0 Å². The van der Waals surface area contributed by atoms with Crippen molar-refractivity contribution in [1.82, 2.24) is 0 Å². The SMILES string of the molecule is COc1ccc(/C=C2\C=C(C(=O)Nc3ccc(OC)cc3)c3ccccc32)cc1. The first-order chi connectivity index (χ1) is 14.2. The Balaban J connectivity index is 1.64. The average molecular weight is 383 g/mol. The molecule has 0 atom stereocenters. The minimum Gasteiger partial charge on any atom is -0.497 e. The third-order valence-corrected chi connectivity index (χ3v) is 4.86. The zero-order chi connectivity index (χ0) is 20.2. The topological polar surface area (TPSA) is 47.6 Å². The van der Waals surface area contributed by atoms with E-state index >= 15 is 0 Å². The van der Waals surface area contributed by atoms with Crippen LogP contribution in [0.1, 0.15) is 16.7 Å². The molecule has 1 N–H and O–H groups in total. The maximum Gasteiger partial charge on any atom is 0.256 e. The molecule has 4 heteroatoms. The van der Waals surface area contributed by atoms with Crippen molar-refractivity contribution in [2.24, 2.45) is 0 Å². The molecule has 0 saturated heterocycles. The fourth-order valence-corrected chi connectivity index (χ4v) is 3.34. The molecule has 144 valence electrons. The molecular weight excluding hydrogens is 362 g/mol. The van der Waals surface area contributed by atoms with E-state index in [0.717, 1.165) is 39.4 Å². The molecule has 1 aliphatic carbocycles. The Morgan fingerprint density at radius 2 is 1.38 bits per heavy atom. The van der Waals surface area contributed by atoms with Gasteiger partial charge in [-0.3, -0.25) is 4.79 Å². The van der Waals surface area contributed by atoms with Gasteiger partial charge in [-0.25, -0.2) is 0 Å². The van der Waals surface area contributed by atoms with Gasteiger partial charge in [0, 0.05) is 11.3 Å². The number of ether oxygens (including phenoxy) is 2. The molecule has 0 bridgehead atoms. The Kier molecular flexibility index (Phi) is 5.16. The van der Waals surface area contributed by atoms with Gasteiger partial charge in [0.25, 0.3) is 5.91 Å². The second kappa shape index (κ2) is 8.07. The van der Waals surface area contributed by atoms with E-state index in [4.69, 9.17) is 9.47 Å². The fraction of sp³-hybridized carbons (Fsp3) is 0.0800. The van der Waals surface area contributed by atoms with Crippen molar-refractivity contribution in [2.75, 3.05) is 19.5 Å². The monoisotopic (exact) mass is 383 g/mol. The van der Waals surface area contributed by atoms with Crippen LogP contribution in [0.15, 0.2) is 78.9 Å². The van der Waals surface area contributed by atoms with Crippen LogP contribution in [0.4, 0.5) is 5.69 Å². The van der Waals surface area contributed by atoms with Crippen LogP contribution in [0.25, 0.3) is 17.2 Å². The van der Waals surface area contributed by atoms with Crippen molar-refractivity contribution >= 4 is 28.8 Å². The number of fused-ring (bicyclic) bond motifs is 1. The van der Waals surface area contributed by atoms with Crippen LogP contribution in [0.2, 0.25) is 0 Å².